The van der Waals surface area contributed by atoms with Crippen LogP contribution in [0.2, 0.25) is 4.34 Å². The van der Waals surface area contributed by atoms with E-state index in [9.17, 15) is 8.42 Å². The Labute approximate surface area is 138 Å². The third-order valence-electron chi connectivity index (χ3n) is 2.86. The highest BCUT2D eigenvalue weighted by molar-refractivity contribution is 7.91. The molecule has 0 saturated heterocycles. The first-order valence-corrected chi connectivity index (χ1v) is 9.88. The van der Waals surface area contributed by atoms with E-state index in [2.05, 4.69) is 5.32 Å². The van der Waals surface area contributed by atoms with Gasteiger partial charge < -0.3 is 5.32 Å². The van der Waals surface area contributed by atoms with Gasteiger partial charge in [0.1, 0.15) is 4.21 Å². The first kappa shape index (κ1) is 16.9. The summed E-state index contributed by atoms with van der Waals surface area (Å²) in [5, 5.41) is 3.19. The molecule has 0 bridgehead atoms. The van der Waals surface area contributed by atoms with Gasteiger partial charge in [-0.2, -0.15) is 4.31 Å². The molecule has 0 radical (unpaired) electrons. The van der Waals surface area contributed by atoms with Crippen molar-refractivity contribution in [2.75, 3.05) is 13.6 Å². The van der Waals surface area contributed by atoms with E-state index in [-0.39, 0.29) is 0 Å². The van der Waals surface area contributed by atoms with Crippen molar-refractivity contribution >= 4 is 44.3 Å². The minimum atomic E-state index is -3.44. The lowest BCUT2D eigenvalue weighted by atomic mass is 10.4. The van der Waals surface area contributed by atoms with Gasteiger partial charge in [-0.15, -0.1) is 22.7 Å². The Morgan fingerprint density at radius 1 is 1.19 bits per heavy atom. The smallest absolute Gasteiger partial charge is 0.252 e. The topological polar surface area (TPSA) is 49.4 Å². The molecule has 0 amide bonds. The van der Waals surface area contributed by atoms with Crippen LogP contribution in [-0.2, 0) is 23.1 Å². The summed E-state index contributed by atoms with van der Waals surface area (Å²) >= 11 is 8.58. The molecule has 116 valence electrons. The molecule has 1 N–H and O–H groups in total. The molecule has 0 atom stereocenters. The quantitative estimate of drug-likeness (QED) is 0.819. The molecular formula is C13H17ClN2O2S3. The molecule has 0 aliphatic carbocycles. The van der Waals surface area contributed by atoms with E-state index in [4.69, 9.17) is 11.6 Å². The fourth-order valence-electron chi connectivity index (χ4n) is 1.73. The number of rotatable bonds is 7. The van der Waals surface area contributed by atoms with Crippen LogP contribution in [0.5, 0.6) is 0 Å². The minimum Gasteiger partial charge on any atom is -0.312 e. The Balaban J connectivity index is 2.11. The molecule has 0 unspecified atom stereocenters. The summed E-state index contributed by atoms with van der Waals surface area (Å²) in [5.74, 6) is 0. The van der Waals surface area contributed by atoms with Crippen LogP contribution in [0, 0.1) is 0 Å². The first-order valence-electron chi connectivity index (χ1n) is 6.43. The normalized spacial score (nSPS) is 12.2. The fraction of sp³-hybridized carbons (Fsp3) is 0.385. The summed E-state index contributed by atoms with van der Waals surface area (Å²) < 4.78 is 27.4. The highest BCUT2D eigenvalue weighted by Gasteiger charge is 2.23. The average Bonchev–Trinajstić information content (AvgIpc) is 3.06. The number of hydrogen-bond acceptors (Lipinski definition) is 5. The molecule has 0 saturated carbocycles. The van der Waals surface area contributed by atoms with Crippen molar-refractivity contribution in [3.05, 3.63) is 38.4 Å². The maximum Gasteiger partial charge on any atom is 0.252 e. The first-order chi connectivity index (χ1) is 9.93. The van der Waals surface area contributed by atoms with E-state index < -0.39 is 10.0 Å². The molecule has 2 heterocycles. The minimum absolute atomic E-state index is 0.333. The molecule has 8 heteroatoms. The van der Waals surface area contributed by atoms with E-state index in [1.54, 1.807) is 19.2 Å². The zero-order valence-electron chi connectivity index (χ0n) is 11.8. The van der Waals surface area contributed by atoms with Crippen LogP contribution in [-0.4, -0.2) is 26.3 Å². The lowest BCUT2D eigenvalue weighted by molar-refractivity contribution is 0.471. The van der Waals surface area contributed by atoms with Gasteiger partial charge in [-0.25, -0.2) is 8.42 Å². The third-order valence-corrected chi connectivity index (χ3v) is 7.43. The molecule has 2 aromatic heterocycles. The van der Waals surface area contributed by atoms with Crippen molar-refractivity contribution in [2.45, 2.75) is 24.2 Å². The van der Waals surface area contributed by atoms with Crippen LogP contribution in [0.1, 0.15) is 16.7 Å². The Morgan fingerprint density at radius 2 is 1.90 bits per heavy atom. The van der Waals surface area contributed by atoms with E-state index in [0.717, 1.165) is 16.3 Å². The lowest BCUT2D eigenvalue weighted by Crippen LogP contribution is -2.25. The van der Waals surface area contributed by atoms with Crippen molar-refractivity contribution < 1.29 is 8.42 Å². The van der Waals surface area contributed by atoms with Crippen molar-refractivity contribution in [2.24, 2.45) is 0 Å². The van der Waals surface area contributed by atoms with Crippen LogP contribution in [0.4, 0.5) is 0 Å². The van der Waals surface area contributed by atoms with Crippen LogP contribution >= 0.6 is 34.3 Å². The predicted octanol–water partition coefficient (Wildman–Crippen LogP) is 3.39. The zero-order chi connectivity index (χ0) is 15.5. The number of halogens is 1. The summed E-state index contributed by atoms with van der Waals surface area (Å²) in [6, 6.07) is 7.16. The van der Waals surface area contributed by atoms with Crippen molar-refractivity contribution in [3.8, 4) is 0 Å². The number of nitrogens with zero attached hydrogens (tertiary/aromatic N) is 1. The van der Waals surface area contributed by atoms with Crippen LogP contribution in [0.25, 0.3) is 0 Å². The lowest BCUT2D eigenvalue weighted by Gasteiger charge is -2.14. The van der Waals surface area contributed by atoms with Gasteiger partial charge in [-0.3, -0.25) is 0 Å². The van der Waals surface area contributed by atoms with Gasteiger partial charge >= 0.3 is 0 Å². The van der Waals surface area contributed by atoms with E-state index >= 15 is 0 Å². The summed E-state index contributed by atoms with van der Waals surface area (Å²) in [4.78, 5) is 1.94. The zero-order valence-corrected chi connectivity index (χ0v) is 15.0. The van der Waals surface area contributed by atoms with Crippen molar-refractivity contribution in [3.63, 3.8) is 0 Å². The van der Waals surface area contributed by atoms with Crippen molar-refractivity contribution in [1.29, 1.82) is 0 Å². The molecule has 4 nitrogen and oxygen atoms in total. The number of thiophene rings is 2. The van der Waals surface area contributed by atoms with E-state index in [1.807, 2.05) is 19.1 Å². The van der Waals surface area contributed by atoms with Crippen LogP contribution < -0.4 is 5.32 Å². The molecule has 0 aliphatic heterocycles. The second kappa shape index (κ2) is 7.21. The number of nitrogens with one attached hydrogen (secondary N) is 1. The molecule has 2 rings (SSSR count). The molecule has 0 fully saturated rings. The highest BCUT2D eigenvalue weighted by atomic mass is 35.5. The Morgan fingerprint density at radius 3 is 2.52 bits per heavy atom. The summed E-state index contributed by atoms with van der Waals surface area (Å²) in [6.45, 7) is 3.91. The predicted molar refractivity (Wildman–Crippen MR) is 89.7 cm³/mol. The second-order valence-electron chi connectivity index (χ2n) is 4.47. The van der Waals surface area contributed by atoms with Gasteiger partial charge in [-0.1, -0.05) is 18.5 Å². The molecule has 0 aliphatic rings. The third kappa shape index (κ3) is 4.28. The Kier molecular flexibility index (Phi) is 5.81. The van der Waals surface area contributed by atoms with E-state index in [0.29, 0.717) is 21.6 Å². The fourth-order valence-corrected chi connectivity index (χ4v) is 5.64. The maximum absolute atomic E-state index is 12.5. The second-order valence-corrected chi connectivity index (χ2v) is 9.71. The summed E-state index contributed by atoms with van der Waals surface area (Å²) in [6.07, 6.45) is 0. The largest absolute Gasteiger partial charge is 0.312 e. The number of hydrogen-bond donors (Lipinski definition) is 1. The van der Waals surface area contributed by atoms with Gasteiger partial charge in [0.15, 0.2) is 0 Å². The highest BCUT2D eigenvalue weighted by Crippen LogP contribution is 2.27. The van der Waals surface area contributed by atoms with Gasteiger partial charge in [0.25, 0.3) is 10.0 Å². The Bertz CT molecular complexity index is 694. The van der Waals surface area contributed by atoms with E-state index in [1.165, 1.54) is 27.0 Å². The number of sulfonamides is 1. The molecule has 0 spiro atoms. The van der Waals surface area contributed by atoms with Crippen LogP contribution in [0.15, 0.2) is 28.5 Å². The standard InChI is InChI=1S/C13H17ClN2O2S3/c1-3-15-8-10-5-7-13(20-10)21(17,18)16(2)9-11-4-6-12(14)19-11/h4-7,15H,3,8-9H2,1-2H3. The van der Waals surface area contributed by atoms with Crippen LogP contribution in [0.3, 0.4) is 0 Å². The van der Waals surface area contributed by atoms with Gasteiger partial charge in [0.05, 0.1) is 4.34 Å². The summed E-state index contributed by atoms with van der Waals surface area (Å²) in [5.41, 5.74) is 0. The SMILES string of the molecule is CCNCc1ccc(S(=O)(=O)N(C)Cc2ccc(Cl)s2)s1. The maximum atomic E-state index is 12.5. The molecule has 21 heavy (non-hydrogen) atoms. The van der Waals surface area contributed by atoms with Gasteiger partial charge in [0.2, 0.25) is 0 Å². The molecule has 2 aromatic rings. The monoisotopic (exact) mass is 364 g/mol. The van der Waals surface area contributed by atoms with Crippen molar-refractivity contribution in [1.82, 2.24) is 9.62 Å². The summed E-state index contributed by atoms with van der Waals surface area (Å²) in [7, 11) is -1.85. The van der Waals surface area contributed by atoms with Gasteiger partial charge in [0, 0.05) is 29.9 Å². The molecular weight excluding hydrogens is 348 g/mol. The Hall–Kier alpha value is -0.440. The average molecular weight is 365 g/mol. The molecule has 0 aromatic carbocycles. The van der Waals surface area contributed by atoms with Gasteiger partial charge in [-0.05, 0) is 30.8 Å².